The van der Waals surface area contributed by atoms with E-state index in [-0.39, 0.29) is 24.4 Å². The maximum atomic E-state index is 12.9. The number of carbonyl (C=O) groups is 2. The van der Waals surface area contributed by atoms with E-state index in [4.69, 9.17) is 5.26 Å². The van der Waals surface area contributed by atoms with Crippen LogP contribution >= 0.6 is 0 Å². The minimum Gasteiger partial charge on any atom is -0.355 e. The molecule has 1 fully saturated rings. The summed E-state index contributed by atoms with van der Waals surface area (Å²) in [7, 11) is 0. The topological polar surface area (TPSA) is 82.0 Å². The monoisotopic (exact) mass is 297 g/mol. The summed E-state index contributed by atoms with van der Waals surface area (Å²) >= 11 is 0. The second kappa shape index (κ2) is 5.44. The van der Waals surface area contributed by atoms with E-state index >= 15 is 0 Å². The standard InChI is InChI=1S/C13H10F3N3O2/c14-13(15,16)9-3-7(5-17)1-2-10(9)19-12(21)8-4-11(20)18-6-8/h1-3,8H,4,6H2,(H,18,20)(H,19,21). The fourth-order valence-electron chi connectivity index (χ4n) is 1.98. The van der Waals surface area contributed by atoms with Crippen molar-refractivity contribution < 1.29 is 22.8 Å². The van der Waals surface area contributed by atoms with Crippen molar-refractivity contribution in [2.75, 3.05) is 11.9 Å². The Morgan fingerprint density at radius 1 is 1.43 bits per heavy atom. The Labute approximate surface area is 117 Å². The molecule has 2 N–H and O–H groups in total. The highest BCUT2D eigenvalue weighted by molar-refractivity contribution is 5.97. The summed E-state index contributed by atoms with van der Waals surface area (Å²) in [5.41, 5.74) is -1.67. The number of hydrogen-bond acceptors (Lipinski definition) is 3. The van der Waals surface area contributed by atoms with Gasteiger partial charge in [0.25, 0.3) is 0 Å². The van der Waals surface area contributed by atoms with Crippen LogP contribution in [0.3, 0.4) is 0 Å². The van der Waals surface area contributed by atoms with Gasteiger partial charge in [-0.15, -0.1) is 0 Å². The zero-order valence-electron chi connectivity index (χ0n) is 10.6. The van der Waals surface area contributed by atoms with E-state index in [2.05, 4.69) is 10.6 Å². The highest BCUT2D eigenvalue weighted by atomic mass is 19.4. The minimum absolute atomic E-state index is 0.0521. The molecule has 0 spiro atoms. The summed E-state index contributed by atoms with van der Waals surface area (Å²) in [6.45, 7) is 0.0995. The van der Waals surface area contributed by atoms with Crippen LogP contribution in [0.5, 0.6) is 0 Å². The quantitative estimate of drug-likeness (QED) is 0.871. The zero-order chi connectivity index (χ0) is 15.6. The van der Waals surface area contributed by atoms with Gasteiger partial charge in [0, 0.05) is 13.0 Å². The molecule has 8 heteroatoms. The molecular formula is C13H10F3N3O2. The van der Waals surface area contributed by atoms with Gasteiger partial charge >= 0.3 is 6.18 Å². The van der Waals surface area contributed by atoms with Gasteiger partial charge < -0.3 is 10.6 Å². The van der Waals surface area contributed by atoms with Gasteiger partial charge in [0.15, 0.2) is 0 Å². The predicted octanol–water partition coefficient (Wildman–Crippen LogP) is 1.65. The van der Waals surface area contributed by atoms with Crippen LogP contribution in [0.25, 0.3) is 0 Å². The number of nitrogens with one attached hydrogen (secondary N) is 2. The van der Waals surface area contributed by atoms with E-state index in [1.165, 1.54) is 6.07 Å². The summed E-state index contributed by atoms with van der Waals surface area (Å²) in [6.07, 6.45) is -4.75. The van der Waals surface area contributed by atoms with Crippen LogP contribution in [0.2, 0.25) is 0 Å². The molecule has 5 nitrogen and oxygen atoms in total. The Bertz CT molecular complexity index is 635. The molecule has 0 radical (unpaired) electrons. The first-order valence-corrected chi connectivity index (χ1v) is 6.00. The number of amides is 2. The van der Waals surface area contributed by atoms with Crippen molar-refractivity contribution in [3.63, 3.8) is 0 Å². The Kier molecular flexibility index (Phi) is 3.84. The van der Waals surface area contributed by atoms with Gasteiger partial charge in [-0.3, -0.25) is 9.59 Å². The van der Waals surface area contributed by atoms with Gasteiger partial charge in [-0.25, -0.2) is 0 Å². The summed E-state index contributed by atoms with van der Waals surface area (Å²) < 4.78 is 38.8. The van der Waals surface area contributed by atoms with Gasteiger partial charge in [0.1, 0.15) is 0 Å². The molecule has 1 saturated heterocycles. The number of nitriles is 1. The SMILES string of the molecule is N#Cc1ccc(NC(=O)C2CNC(=O)C2)c(C(F)(F)F)c1. The van der Waals surface area contributed by atoms with Crippen molar-refractivity contribution in [2.24, 2.45) is 5.92 Å². The van der Waals surface area contributed by atoms with E-state index in [1.54, 1.807) is 6.07 Å². The van der Waals surface area contributed by atoms with E-state index in [0.29, 0.717) is 6.07 Å². The van der Waals surface area contributed by atoms with Gasteiger partial charge in [-0.05, 0) is 18.2 Å². The Hall–Kier alpha value is -2.56. The molecule has 1 aromatic carbocycles. The molecule has 1 heterocycles. The number of anilines is 1. The van der Waals surface area contributed by atoms with Crippen LogP contribution < -0.4 is 10.6 Å². The fraction of sp³-hybridized carbons (Fsp3) is 0.308. The minimum atomic E-state index is -4.70. The van der Waals surface area contributed by atoms with E-state index < -0.39 is 29.3 Å². The van der Waals surface area contributed by atoms with Gasteiger partial charge in [0.2, 0.25) is 11.8 Å². The largest absolute Gasteiger partial charge is 0.418 e. The predicted molar refractivity (Wildman–Crippen MR) is 65.9 cm³/mol. The number of hydrogen-bond donors (Lipinski definition) is 2. The lowest BCUT2D eigenvalue weighted by Gasteiger charge is -2.15. The van der Waals surface area contributed by atoms with Crippen molar-refractivity contribution in [1.29, 1.82) is 5.26 Å². The summed E-state index contributed by atoms with van der Waals surface area (Å²) in [4.78, 5) is 22.9. The van der Waals surface area contributed by atoms with Crippen molar-refractivity contribution >= 4 is 17.5 Å². The third kappa shape index (κ3) is 3.31. The first-order valence-electron chi connectivity index (χ1n) is 6.00. The molecule has 1 aliphatic rings. The molecule has 21 heavy (non-hydrogen) atoms. The number of carbonyl (C=O) groups excluding carboxylic acids is 2. The van der Waals surface area contributed by atoms with Crippen LogP contribution in [0, 0.1) is 17.2 Å². The fourth-order valence-corrected chi connectivity index (χ4v) is 1.98. The van der Waals surface area contributed by atoms with E-state index in [9.17, 15) is 22.8 Å². The molecule has 0 bridgehead atoms. The van der Waals surface area contributed by atoms with Gasteiger partial charge in [-0.2, -0.15) is 18.4 Å². The van der Waals surface area contributed by atoms with Crippen LogP contribution in [-0.4, -0.2) is 18.4 Å². The van der Waals surface area contributed by atoms with E-state index in [1.807, 2.05) is 0 Å². The number of rotatable bonds is 2. The first kappa shape index (κ1) is 14.8. The summed E-state index contributed by atoms with van der Waals surface area (Å²) in [5, 5.41) is 13.3. The Balaban J connectivity index is 2.25. The number of alkyl halides is 3. The molecule has 1 atom stereocenters. The lowest BCUT2D eigenvalue weighted by molar-refractivity contribution is -0.137. The van der Waals surface area contributed by atoms with Crippen LogP contribution in [0.4, 0.5) is 18.9 Å². The number of halogens is 3. The lowest BCUT2D eigenvalue weighted by atomic mass is 10.1. The lowest BCUT2D eigenvalue weighted by Crippen LogP contribution is -2.26. The molecule has 0 saturated carbocycles. The maximum absolute atomic E-state index is 12.9. The van der Waals surface area contributed by atoms with Crippen molar-refractivity contribution in [3.8, 4) is 6.07 Å². The third-order valence-corrected chi connectivity index (χ3v) is 3.06. The van der Waals surface area contributed by atoms with Crippen molar-refractivity contribution in [2.45, 2.75) is 12.6 Å². The molecule has 110 valence electrons. The molecular weight excluding hydrogens is 287 g/mol. The average Bonchev–Trinajstić information content (AvgIpc) is 2.84. The third-order valence-electron chi connectivity index (χ3n) is 3.06. The number of benzene rings is 1. The Morgan fingerprint density at radius 3 is 2.67 bits per heavy atom. The van der Waals surface area contributed by atoms with Crippen LogP contribution in [-0.2, 0) is 15.8 Å². The summed E-state index contributed by atoms with van der Waals surface area (Å²) in [6, 6.07) is 4.50. The first-order chi connectivity index (χ1) is 9.81. The molecule has 1 aliphatic heterocycles. The molecule has 2 amide bonds. The summed E-state index contributed by atoms with van der Waals surface area (Å²) in [5.74, 6) is -1.68. The zero-order valence-corrected chi connectivity index (χ0v) is 10.6. The number of nitrogens with zero attached hydrogens (tertiary/aromatic N) is 1. The van der Waals surface area contributed by atoms with Crippen molar-refractivity contribution in [1.82, 2.24) is 5.32 Å². The second-order valence-corrected chi connectivity index (χ2v) is 4.56. The smallest absolute Gasteiger partial charge is 0.355 e. The second-order valence-electron chi connectivity index (χ2n) is 4.56. The molecule has 1 unspecified atom stereocenters. The van der Waals surface area contributed by atoms with Crippen molar-refractivity contribution in [3.05, 3.63) is 29.3 Å². The van der Waals surface area contributed by atoms with Crippen LogP contribution in [0.15, 0.2) is 18.2 Å². The van der Waals surface area contributed by atoms with Gasteiger partial charge in [0.05, 0.1) is 28.8 Å². The molecule has 2 rings (SSSR count). The molecule has 0 aliphatic carbocycles. The Morgan fingerprint density at radius 2 is 2.14 bits per heavy atom. The molecule has 1 aromatic rings. The molecule has 0 aromatic heterocycles. The highest BCUT2D eigenvalue weighted by Gasteiger charge is 2.35. The highest BCUT2D eigenvalue weighted by Crippen LogP contribution is 2.35. The average molecular weight is 297 g/mol. The maximum Gasteiger partial charge on any atom is 0.418 e. The normalized spacial score (nSPS) is 18.0. The van der Waals surface area contributed by atoms with E-state index in [0.717, 1.165) is 6.07 Å². The van der Waals surface area contributed by atoms with Crippen LogP contribution in [0.1, 0.15) is 17.5 Å². The van der Waals surface area contributed by atoms with Gasteiger partial charge in [-0.1, -0.05) is 0 Å².